The first-order valence-electron chi connectivity index (χ1n) is 11.0. The van der Waals surface area contributed by atoms with E-state index in [0.717, 1.165) is 22.3 Å². The minimum absolute atomic E-state index is 0.150. The molecular weight excluding hydrogens is 414 g/mol. The van der Waals surface area contributed by atoms with Crippen molar-refractivity contribution < 1.29 is 14.4 Å². The Morgan fingerprint density at radius 1 is 1.03 bits per heavy atom. The van der Waals surface area contributed by atoms with Crippen LogP contribution in [0.25, 0.3) is 11.1 Å². The Morgan fingerprint density at radius 2 is 1.79 bits per heavy atom. The van der Waals surface area contributed by atoms with E-state index in [1.165, 1.54) is 6.92 Å². The van der Waals surface area contributed by atoms with Crippen molar-refractivity contribution in [1.29, 1.82) is 0 Å². The lowest BCUT2D eigenvalue weighted by molar-refractivity contribution is -0.127. The van der Waals surface area contributed by atoms with E-state index in [4.69, 9.17) is 0 Å². The number of rotatable bonds is 5. The van der Waals surface area contributed by atoms with Gasteiger partial charge in [-0.05, 0) is 47.9 Å². The van der Waals surface area contributed by atoms with E-state index in [1.807, 2.05) is 24.3 Å². The van der Waals surface area contributed by atoms with Crippen molar-refractivity contribution in [3.8, 4) is 11.1 Å². The van der Waals surface area contributed by atoms with Crippen LogP contribution in [0.1, 0.15) is 28.4 Å². The Labute approximate surface area is 193 Å². The van der Waals surface area contributed by atoms with Crippen LogP contribution in [-0.4, -0.2) is 41.8 Å². The van der Waals surface area contributed by atoms with Crippen molar-refractivity contribution in [3.63, 3.8) is 0 Å². The molecule has 1 aliphatic rings. The molecule has 0 saturated carbocycles. The molecule has 0 spiro atoms. The highest BCUT2D eigenvalue weighted by Crippen LogP contribution is 2.27. The second kappa shape index (κ2) is 9.69. The van der Waals surface area contributed by atoms with Crippen LogP contribution in [-0.2, 0) is 16.0 Å². The topological polar surface area (TPSA) is 78.5 Å². The molecule has 3 aromatic carbocycles. The Kier molecular flexibility index (Phi) is 6.54. The van der Waals surface area contributed by atoms with Crippen LogP contribution >= 0.6 is 0 Å². The molecular formula is C27H27N3O3. The molecule has 3 amide bonds. The SMILES string of the molecule is CC(=O)Nc1ccc(C(=O)N2CCNC(=O)[C@H]2Cc2ccccc2-c2cccc(C)c2)cc1. The zero-order chi connectivity index (χ0) is 23.4. The van der Waals surface area contributed by atoms with Crippen LogP contribution in [0.3, 0.4) is 0 Å². The quantitative estimate of drug-likeness (QED) is 0.632. The molecule has 0 unspecified atom stereocenters. The van der Waals surface area contributed by atoms with Gasteiger partial charge in [0.1, 0.15) is 6.04 Å². The maximum Gasteiger partial charge on any atom is 0.254 e. The summed E-state index contributed by atoms with van der Waals surface area (Å²) < 4.78 is 0. The monoisotopic (exact) mass is 441 g/mol. The number of benzene rings is 3. The van der Waals surface area contributed by atoms with Gasteiger partial charge in [-0.1, -0.05) is 54.1 Å². The van der Waals surface area contributed by atoms with Crippen molar-refractivity contribution in [2.45, 2.75) is 26.3 Å². The van der Waals surface area contributed by atoms with Gasteiger partial charge < -0.3 is 15.5 Å². The molecule has 0 aliphatic carbocycles. The zero-order valence-electron chi connectivity index (χ0n) is 18.8. The summed E-state index contributed by atoms with van der Waals surface area (Å²) in [5.41, 5.74) is 5.44. The fourth-order valence-electron chi connectivity index (χ4n) is 4.23. The number of carbonyl (C=O) groups is 3. The van der Waals surface area contributed by atoms with Gasteiger partial charge >= 0.3 is 0 Å². The summed E-state index contributed by atoms with van der Waals surface area (Å²) in [4.78, 5) is 39.1. The molecule has 168 valence electrons. The van der Waals surface area contributed by atoms with Crippen molar-refractivity contribution in [1.82, 2.24) is 10.2 Å². The largest absolute Gasteiger partial charge is 0.353 e. The number of carbonyl (C=O) groups excluding carboxylic acids is 3. The van der Waals surface area contributed by atoms with Gasteiger partial charge in [-0.3, -0.25) is 14.4 Å². The van der Waals surface area contributed by atoms with Crippen molar-refractivity contribution in [2.75, 3.05) is 18.4 Å². The second-order valence-electron chi connectivity index (χ2n) is 8.29. The van der Waals surface area contributed by atoms with E-state index in [-0.39, 0.29) is 17.7 Å². The van der Waals surface area contributed by atoms with Gasteiger partial charge in [0.2, 0.25) is 11.8 Å². The van der Waals surface area contributed by atoms with Gasteiger partial charge in [0, 0.05) is 37.7 Å². The number of nitrogens with zero attached hydrogens (tertiary/aromatic N) is 1. The smallest absolute Gasteiger partial charge is 0.254 e. The van der Waals surface area contributed by atoms with Gasteiger partial charge in [0.15, 0.2) is 0 Å². The molecule has 1 atom stereocenters. The fraction of sp³-hybridized carbons (Fsp3) is 0.222. The Balaban J connectivity index is 1.61. The number of hydrogen-bond donors (Lipinski definition) is 2. The predicted molar refractivity (Wildman–Crippen MR) is 129 cm³/mol. The van der Waals surface area contributed by atoms with Crippen LogP contribution in [0.15, 0.2) is 72.8 Å². The normalized spacial score (nSPS) is 15.6. The van der Waals surface area contributed by atoms with Gasteiger partial charge in [0.25, 0.3) is 5.91 Å². The highest BCUT2D eigenvalue weighted by molar-refractivity contribution is 5.99. The third-order valence-corrected chi connectivity index (χ3v) is 5.80. The molecule has 33 heavy (non-hydrogen) atoms. The van der Waals surface area contributed by atoms with Gasteiger partial charge in [-0.2, -0.15) is 0 Å². The average Bonchev–Trinajstić information content (AvgIpc) is 2.80. The van der Waals surface area contributed by atoms with Crippen molar-refractivity contribution in [3.05, 3.63) is 89.5 Å². The highest BCUT2D eigenvalue weighted by Gasteiger charge is 2.34. The summed E-state index contributed by atoms with van der Waals surface area (Å²) in [6.07, 6.45) is 0.422. The minimum atomic E-state index is -0.604. The summed E-state index contributed by atoms with van der Waals surface area (Å²) in [7, 11) is 0. The van der Waals surface area contributed by atoms with Crippen LogP contribution in [0.4, 0.5) is 5.69 Å². The number of anilines is 1. The fourth-order valence-corrected chi connectivity index (χ4v) is 4.23. The van der Waals surface area contributed by atoms with E-state index in [2.05, 4.69) is 41.8 Å². The van der Waals surface area contributed by atoms with Crippen LogP contribution in [0.2, 0.25) is 0 Å². The summed E-state index contributed by atoms with van der Waals surface area (Å²) >= 11 is 0. The van der Waals surface area contributed by atoms with Crippen molar-refractivity contribution in [2.24, 2.45) is 0 Å². The third kappa shape index (κ3) is 5.12. The molecule has 1 saturated heterocycles. The molecule has 0 bridgehead atoms. The molecule has 1 heterocycles. The van der Waals surface area contributed by atoms with Crippen LogP contribution < -0.4 is 10.6 Å². The maximum absolute atomic E-state index is 13.3. The molecule has 1 aliphatic heterocycles. The molecule has 4 rings (SSSR count). The first-order valence-corrected chi connectivity index (χ1v) is 11.0. The number of piperazine rings is 1. The summed E-state index contributed by atoms with van der Waals surface area (Å²) in [6.45, 7) is 4.35. The summed E-state index contributed by atoms with van der Waals surface area (Å²) in [6, 6.07) is 22.4. The molecule has 6 heteroatoms. The molecule has 3 aromatic rings. The number of aryl methyl sites for hydroxylation is 1. The molecule has 2 N–H and O–H groups in total. The van der Waals surface area contributed by atoms with Gasteiger partial charge in [-0.15, -0.1) is 0 Å². The average molecular weight is 442 g/mol. The van der Waals surface area contributed by atoms with Crippen LogP contribution in [0.5, 0.6) is 0 Å². The predicted octanol–water partition coefficient (Wildman–Crippen LogP) is 3.80. The highest BCUT2D eigenvalue weighted by atomic mass is 16.2. The van der Waals surface area contributed by atoms with E-state index < -0.39 is 6.04 Å². The first kappa shape index (κ1) is 22.3. The molecule has 6 nitrogen and oxygen atoms in total. The Morgan fingerprint density at radius 3 is 2.52 bits per heavy atom. The van der Waals surface area contributed by atoms with Gasteiger partial charge in [-0.25, -0.2) is 0 Å². The molecule has 0 radical (unpaired) electrons. The molecule has 1 fully saturated rings. The lowest BCUT2D eigenvalue weighted by atomic mass is 9.93. The maximum atomic E-state index is 13.3. The van der Waals surface area contributed by atoms with E-state index >= 15 is 0 Å². The lowest BCUT2D eigenvalue weighted by Gasteiger charge is -2.35. The van der Waals surface area contributed by atoms with Crippen molar-refractivity contribution >= 4 is 23.4 Å². The summed E-state index contributed by atoms with van der Waals surface area (Å²) in [5, 5.41) is 5.60. The summed E-state index contributed by atoms with van der Waals surface area (Å²) in [5.74, 6) is -0.519. The van der Waals surface area contributed by atoms with E-state index in [0.29, 0.717) is 30.8 Å². The minimum Gasteiger partial charge on any atom is -0.353 e. The number of nitrogens with one attached hydrogen (secondary N) is 2. The zero-order valence-corrected chi connectivity index (χ0v) is 18.8. The van der Waals surface area contributed by atoms with Crippen LogP contribution in [0, 0.1) is 6.92 Å². The number of amides is 3. The lowest BCUT2D eigenvalue weighted by Crippen LogP contribution is -2.58. The Hall–Kier alpha value is -3.93. The Bertz CT molecular complexity index is 1190. The number of hydrogen-bond acceptors (Lipinski definition) is 3. The van der Waals surface area contributed by atoms with Gasteiger partial charge in [0.05, 0.1) is 0 Å². The van der Waals surface area contributed by atoms with E-state index in [1.54, 1.807) is 29.2 Å². The second-order valence-corrected chi connectivity index (χ2v) is 8.29. The van der Waals surface area contributed by atoms with E-state index in [9.17, 15) is 14.4 Å². The first-order chi connectivity index (χ1) is 15.9. The third-order valence-electron chi connectivity index (χ3n) is 5.80. The standard InChI is InChI=1S/C27H27N3O3/c1-18-6-5-8-21(16-18)24-9-4-3-7-22(24)17-25-26(32)28-14-15-30(25)27(33)20-10-12-23(13-11-20)29-19(2)31/h3-13,16,25H,14-15,17H2,1-2H3,(H,28,32)(H,29,31)/t25-/m1/s1. The molecule has 0 aromatic heterocycles.